The number of benzene rings is 1. The van der Waals surface area contributed by atoms with Gasteiger partial charge in [0.1, 0.15) is 0 Å². The van der Waals surface area contributed by atoms with E-state index in [1.54, 1.807) is 0 Å². The van der Waals surface area contributed by atoms with Crippen LogP contribution in [-0.2, 0) is 17.6 Å². The maximum atomic E-state index is 12.5. The molecule has 0 aliphatic carbocycles. The van der Waals surface area contributed by atoms with Crippen molar-refractivity contribution in [1.82, 2.24) is 10.1 Å². The molecule has 1 aliphatic rings. The molecular formula is C18H22N2O2. The first-order valence-corrected chi connectivity index (χ1v) is 8.07. The first-order valence-electron chi connectivity index (χ1n) is 8.07. The number of nitrogens with zero attached hydrogens (tertiary/aromatic N) is 2. The lowest BCUT2D eigenvalue weighted by molar-refractivity contribution is -0.132. The predicted molar refractivity (Wildman–Crippen MR) is 84.3 cm³/mol. The van der Waals surface area contributed by atoms with Crippen molar-refractivity contribution < 1.29 is 9.32 Å². The van der Waals surface area contributed by atoms with Gasteiger partial charge < -0.3 is 9.42 Å². The van der Waals surface area contributed by atoms with Crippen molar-refractivity contribution in [2.75, 3.05) is 6.54 Å². The molecule has 0 N–H and O–H groups in total. The molecule has 2 aromatic rings. The summed E-state index contributed by atoms with van der Waals surface area (Å²) in [5, 5.41) is 4.05. The van der Waals surface area contributed by atoms with Crippen LogP contribution >= 0.6 is 0 Å². The quantitative estimate of drug-likeness (QED) is 0.848. The first-order chi connectivity index (χ1) is 10.8. The number of amides is 1. The van der Waals surface area contributed by atoms with Crippen LogP contribution in [0.25, 0.3) is 0 Å². The van der Waals surface area contributed by atoms with Crippen LogP contribution in [0, 0.1) is 0 Å². The maximum absolute atomic E-state index is 12.5. The van der Waals surface area contributed by atoms with Gasteiger partial charge in [-0.25, -0.2) is 0 Å². The van der Waals surface area contributed by atoms with Gasteiger partial charge in [-0.15, -0.1) is 0 Å². The molecule has 1 aromatic heterocycles. The van der Waals surface area contributed by atoms with Crippen molar-refractivity contribution in [2.45, 2.75) is 45.1 Å². The summed E-state index contributed by atoms with van der Waals surface area (Å²) in [6.07, 6.45) is 4.20. The minimum absolute atomic E-state index is 0.0658. The summed E-state index contributed by atoms with van der Waals surface area (Å²) >= 11 is 0. The largest absolute Gasteiger partial charge is 0.359 e. The van der Waals surface area contributed by atoms with E-state index < -0.39 is 0 Å². The Morgan fingerprint density at radius 1 is 1.36 bits per heavy atom. The number of aryl methyl sites for hydroxylation is 2. The van der Waals surface area contributed by atoms with Crippen LogP contribution in [0.5, 0.6) is 0 Å². The highest BCUT2D eigenvalue weighted by Crippen LogP contribution is 2.33. The summed E-state index contributed by atoms with van der Waals surface area (Å²) in [5.74, 6) is 1.04. The molecule has 1 aliphatic heterocycles. The predicted octanol–water partition coefficient (Wildman–Crippen LogP) is 3.53. The van der Waals surface area contributed by atoms with E-state index in [1.165, 1.54) is 5.56 Å². The van der Waals surface area contributed by atoms with Gasteiger partial charge in [-0.2, -0.15) is 0 Å². The minimum Gasteiger partial charge on any atom is -0.359 e. The normalized spacial score (nSPS) is 17.9. The molecule has 1 atom stereocenters. The molecule has 1 amide bonds. The van der Waals surface area contributed by atoms with Crippen LogP contribution in [-0.4, -0.2) is 22.5 Å². The number of carbonyl (C=O) groups is 1. The molecule has 0 saturated carbocycles. The molecule has 116 valence electrons. The van der Waals surface area contributed by atoms with Gasteiger partial charge in [-0.1, -0.05) is 42.4 Å². The van der Waals surface area contributed by atoms with Gasteiger partial charge in [0.25, 0.3) is 0 Å². The Balaban J connectivity index is 1.63. The standard InChI is InChI=1S/C18H22N2O2/c1-2-15-13-17(22-19-15)16-9-6-12-20(16)18(21)11-10-14-7-4-3-5-8-14/h3-5,7-8,13,16H,2,6,9-12H2,1H3/t16-/m1/s1. The van der Waals surface area contributed by atoms with E-state index in [-0.39, 0.29) is 11.9 Å². The zero-order chi connectivity index (χ0) is 15.4. The molecule has 0 radical (unpaired) electrons. The molecule has 0 spiro atoms. The molecule has 1 aromatic carbocycles. The Morgan fingerprint density at radius 2 is 2.18 bits per heavy atom. The lowest BCUT2D eigenvalue weighted by atomic mass is 10.1. The van der Waals surface area contributed by atoms with Gasteiger partial charge in [0.05, 0.1) is 11.7 Å². The van der Waals surface area contributed by atoms with Crippen molar-refractivity contribution in [2.24, 2.45) is 0 Å². The zero-order valence-electron chi connectivity index (χ0n) is 13.0. The number of carbonyl (C=O) groups excluding carboxylic acids is 1. The smallest absolute Gasteiger partial charge is 0.223 e. The summed E-state index contributed by atoms with van der Waals surface area (Å²) in [5.41, 5.74) is 2.16. The second kappa shape index (κ2) is 6.77. The van der Waals surface area contributed by atoms with E-state index >= 15 is 0 Å². The maximum Gasteiger partial charge on any atom is 0.223 e. The zero-order valence-corrected chi connectivity index (χ0v) is 13.0. The van der Waals surface area contributed by atoms with Crippen molar-refractivity contribution >= 4 is 5.91 Å². The molecule has 0 unspecified atom stereocenters. The van der Waals surface area contributed by atoms with Crippen LogP contribution in [0.15, 0.2) is 40.9 Å². The molecule has 22 heavy (non-hydrogen) atoms. The summed E-state index contributed by atoms with van der Waals surface area (Å²) in [4.78, 5) is 14.5. The molecule has 0 bridgehead atoms. The van der Waals surface area contributed by atoms with Crippen LogP contribution in [0.1, 0.15) is 49.2 Å². The van der Waals surface area contributed by atoms with Gasteiger partial charge in [-0.3, -0.25) is 4.79 Å². The molecule has 4 nitrogen and oxygen atoms in total. The van der Waals surface area contributed by atoms with Crippen LogP contribution in [0.4, 0.5) is 0 Å². The average molecular weight is 298 g/mol. The summed E-state index contributed by atoms with van der Waals surface area (Å²) in [6.45, 7) is 2.87. The number of hydrogen-bond acceptors (Lipinski definition) is 3. The highest BCUT2D eigenvalue weighted by atomic mass is 16.5. The van der Waals surface area contributed by atoms with E-state index in [4.69, 9.17) is 4.52 Å². The third kappa shape index (κ3) is 3.21. The Labute approximate surface area is 131 Å². The average Bonchev–Trinajstić information content (AvgIpc) is 3.21. The van der Waals surface area contributed by atoms with Gasteiger partial charge in [0, 0.05) is 19.0 Å². The van der Waals surface area contributed by atoms with Crippen LogP contribution in [0.3, 0.4) is 0 Å². The third-order valence-corrected chi connectivity index (χ3v) is 4.31. The molecule has 1 fully saturated rings. The molecule has 1 saturated heterocycles. The van der Waals surface area contributed by atoms with Gasteiger partial charge in [-0.05, 0) is 31.2 Å². The number of likely N-dealkylation sites (tertiary alicyclic amines) is 1. The highest BCUT2D eigenvalue weighted by Gasteiger charge is 2.32. The van der Waals surface area contributed by atoms with E-state index in [2.05, 4.69) is 24.2 Å². The monoisotopic (exact) mass is 298 g/mol. The van der Waals surface area contributed by atoms with E-state index in [0.717, 1.165) is 43.7 Å². The number of rotatable bonds is 5. The lowest BCUT2D eigenvalue weighted by Gasteiger charge is -2.22. The van der Waals surface area contributed by atoms with E-state index in [9.17, 15) is 4.79 Å². The Bertz CT molecular complexity index is 621. The van der Waals surface area contributed by atoms with Crippen molar-refractivity contribution in [3.05, 3.63) is 53.4 Å². The van der Waals surface area contributed by atoms with Crippen molar-refractivity contribution in [3.63, 3.8) is 0 Å². The minimum atomic E-state index is 0.0658. The second-order valence-corrected chi connectivity index (χ2v) is 5.80. The fraction of sp³-hybridized carbons (Fsp3) is 0.444. The van der Waals surface area contributed by atoms with Gasteiger partial charge in [0.2, 0.25) is 5.91 Å². The number of hydrogen-bond donors (Lipinski definition) is 0. The Hall–Kier alpha value is -2.10. The van der Waals surface area contributed by atoms with Crippen LogP contribution < -0.4 is 0 Å². The Kier molecular flexibility index (Phi) is 4.56. The van der Waals surface area contributed by atoms with Gasteiger partial charge >= 0.3 is 0 Å². The van der Waals surface area contributed by atoms with E-state index in [0.29, 0.717) is 6.42 Å². The molecule has 2 heterocycles. The van der Waals surface area contributed by atoms with Crippen molar-refractivity contribution in [1.29, 1.82) is 0 Å². The highest BCUT2D eigenvalue weighted by molar-refractivity contribution is 5.77. The topological polar surface area (TPSA) is 46.3 Å². The molecule has 4 heteroatoms. The lowest BCUT2D eigenvalue weighted by Crippen LogP contribution is -2.30. The summed E-state index contributed by atoms with van der Waals surface area (Å²) in [6, 6.07) is 12.2. The number of aromatic nitrogens is 1. The second-order valence-electron chi connectivity index (χ2n) is 5.80. The fourth-order valence-electron chi connectivity index (χ4n) is 3.05. The van der Waals surface area contributed by atoms with Crippen molar-refractivity contribution in [3.8, 4) is 0 Å². The first kappa shape index (κ1) is 14.8. The summed E-state index contributed by atoms with van der Waals surface area (Å²) < 4.78 is 5.44. The molecular weight excluding hydrogens is 276 g/mol. The van der Waals surface area contributed by atoms with Gasteiger partial charge in [0.15, 0.2) is 5.76 Å². The molecule has 3 rings (SSSR count). The fourth-order valence-corrected chi connectivity index (χ4v) is 3.05. The van der Waals surface area contributed by atoms with Crippen LogP contribution in [0.2, 0.25) is 0 Å². The SMILES string of the molecule is CCc1cc([C@H]2CCCN2C(=O)CCc2ccccc2)on1. The summed E-state index contributed by atoms with van der Waals surface area (Å²) in [7, 11) is 0. The third-order valence-electron chi connectivity index (χ3n) is 4.31. The van der Waals surface area contributed by atoms with E-state index in [1.807, 2.05) is 29.2 Å². The Morgan fingerprint density at radius 3 is 2.91 bits per heavy atom.